The molecule has 0 bridgehead atoms. The van der Waals surface area contributed by atoms with E-state index in [0.717, 1.165) is 49.6 Å². The molecule has 0 aliphatic carbocycles. The number of carbonyl (C=O) groups excluding carboxylic acids is 2. The highest BCUT2D eigenvalue weighted by Crippen LogP contribution is 2.41. The number of likely N-dealkylation sites (tertiary alicyclic amines) is 2. The van der Waals surface area contributed by atoms with E-state index in [1.165, 1.54) is 0 Å². The lowest BCUT2D eigenvalue weighted by molar-refractivity contribution is -0.138. The fourth-order valence-corrected chi connectivity index (χ4v) is 5.01. The van der Waals surface area contributed by atoms with Gasteiger partial charge in [-0.3, -0.25) is 9.59 Å². The molecule has 7 heteroatoms. The second-order valence-corrected chi connectivity index (χ2v) is 8.74. The van der Waals surface area contributed by atoms with Gasteiger partial charge in [-0.1, -0.05) is 0 Å². The van der Waals surface area contributed by atoms with E-state index in [-0.39, 0.29) is 23.1 Å². The number of nitrogens with zero attached hydrogens (tertiary/aromatic N) is 3. The van der Waals surface area contributed by atoms with Gasteiger partial charge in [-0.15, -0.1) is 11.3 Å². The molecule has 3 saturated heterocycles. The predicted molar refractivity (Wildman–Crippen MR) is 94.1 cm³/mol. The zero-order valence-corrected chi connectivity index (χ0v) is 15.5. The fraction of sp³-hybridized carbons (Fsp3) is 0.722. The summed E-state index contributed by atoms with van der Waals surface area (Å²) in [5.74, 6) is 0.572. The van der Waals surface area contributed by atoms with Gasteiger partial charge in [0.15, 0.2) is 0 Å². The predicted octanol–water partition coefficient (Wildman–Crippen LogP) is 1.83. The molecule has 4 rings (SSSR count). The van der Waals surface area contributed by atoms with Crippen LogP contribution in [0.5, 0.6) is 0 Å². The molecule has 0 N–H and O–H groups in total. The van der Waals surface area contributed by atoms with E-state index < -0.39 is 0 Å². The number of aryl methyl sites for hydroxylation is 1. The summed E-state index contributed by atoms with van der Waals surface area (Å²) in [4.78, 5) is 33.7. The molecule has 0 radical (unpaired) electrons. The number of hydrogen-bond acceptors (Lipinski definition) is 5. The molecule has 6 nitrogen and oxygen atoms in total. The summed E-state index contributed by atoms with van der Waals surface area (Å²) in [6, 6.07) is 0. The number of carbonyl (C=O) groups is 2. The zero-order valence-electron chi connectivity index (χ0n) is 14.7. The smallest absolute Gasteiger partial charge is 0.225 e. The first kappa shape index (κ1) is 17.0. The summed E-state index contributed by atoms with van der Waals surface area (Å²) < 4.78 is 5.37. The van der Waals surface area contributed by atoms with Gasteiger partial charge in [0.05, 0.1) is 17.2 Å². The molecule has 0 aromatic carbocycles. The van der Waals surface area contributed by atoms with Crippen LogP contribution in [-0.4, -0.2) is 59.4 Å². The van der Waals surface area contributed by atoms with Gasteiger partial charge in [0.1, 0.15) is 0 Å². The van der Waals surface area contributed by atoms with Gasteiger partial charge in [0.25, 0.3) is 0 Å². The van der Waals surface area contributed by atoms with Crippen molar-refractivity contribution in [2.24, 2.45) is 11.3 Å². The van der Waals surface area contributed by atoms with Gasteiger partial charge in [-0.25, -0.2) is 4.98 Å². The van der Waals surface area contributed by atoms with Crippen molar-refractivity contribution < 1.29 is 14.3 Å². The summed E-state index contributed by atoms with van der Waals surface area (Å²) in [5, 5.41) is 3.06. The summed E-state index contributed by atoms with van der Waals surface area (Å²) in [5.41, 5.74) is 0.921. The molecule has 3 aliphatic rings. The molecule has 25 heavy (non-hydrogen) atoms. The lowest BCUT2D eigenvalue weighted by Gasteiger charge is -2.28. The van der Waals surface area contributed by atoms with E-state index in [2.05, 4.69) is 4.98 Å². The van der Waals surface area contributed by atoms with E-state index >= 15 is 0 Å². The minimum absolute atomic E-state index is 0.0526. The molecule has 1 aromatic rings. The maximum Gasteiger partial charge on any atom is 0.225 e. The van der Waals surface area contributed by atoms with Gasteiger partial charge >= 0.3 is 0 Å². The summed E-state index contributed by atoms with van der Waals surface area (Å²) in [7, 11) is 0. The fourth-order valence-electron chi connectivity index (χ4n) is 4.40. The minimum Gasteiger partial charge on any atom is -0.381 e. The largest absolute Gasteiger partial charge is 0.381 e. The van der Waals surface area contributed by atoms with Crippen LogP contribution in [-0.2, 0) is 20.9 Å². The molecule has 0 saturated carbocycles. The zero-order chi connectivity index (χ0) is 17.4. The lowest BCUT2D eigenvalue weighted by atomic mass is 9.86. The first-order valence-corrected chi connectivity index (χ1v) is 9.98. The van der Waals surface area contributed by atoms with Crippen molar-refractivity contribution in [3.8, 4) is 0 Å². The average Bonchev–Trinajstić information content (AvgIpc) is 3.29. The van der Waals surface area contributed by atoms with Gasteiger partial charge in [0.2, 0.25) is 11.8 Å². The number of aromatic nitrogens is 1. The maximum atomic E-state index is 12.8. The molecular formula is C18H25N3O3S. The number of amides is 2. The van der Waals surface area contributed by atoms with Gasteiger partial charge < -0.3 is 14.5 Å². The van der Waals surface area contributed by atoms with E-state index in [0.29, 0.717) is 26.2 Å². The minimum atomic E-state index is -0.0526. The monoisotopic (exact) mass is 363 g/mol. The quantitative estimate of drug-likeness (QED) is 0.822. The lowest BCUT2D eigenvalue weighted by Crippen LogP contribution is -2.39. The topological polar surface area (TPSA) is 62.7 Å². The van der Waals surface area contributed by atoms with Crippen LogP contribution in [0.15, 0.2) is 5.38 Å². The van der Waals surface area contributed by atoms with Crippen LogP contribution in [0, 0.1) is 18.3 Å². The van der Waals surface area contributed by atoms with Gasteiger partial charge in [0, 0.05) is 56.0 Å². The third-order valence-corrected chi connectivity index (χ3v) is 6.57. The van der Waals surface area contributed by atoms with Crippen LogP contribution in [0.3, 0.4) is 0 Å². The Balaban J connectivity index is 1.38. The SMILES string of the molecule is Cc1nc(CN2C[C@]3(CCN(C(=O)C4CCOCC4)C3)CC2=O)cs1. The molecule has 3 aliphatic heterocycles. The number of ether oxygens (including phenoxy) is 1. The highest BCUT2D eigenvalue weighted by atomic mass is 32.1. The van der Waals surface area contributed by atoms with Gasteiger partial charge in [-0.05, 0) is 26.2 Å². The summed E-state index contributed by atoms with van der Waals surface area (Å²) in [6.45, 7) is 6.22. The number of rotatable bonds is 3. The first-order chi connectivity index (χ1) is 12.0. The molecule has 1 spiro atoms. The van der Waals surface area contributed by atoms with Crippen molar-refractivity contribution in [1.82, 2.24) is 14.8 Å². The van der Waals surface area contributed by atoms with E-state index in [4.69, 9.17) is 4.74 Å². The second kappa shape index (κ2) is 6.68. The highest BCUT2D eigenvalue weighted by Gasteiger charge is 2.49. The maximum absolute atomic E-state index is 12.8. The Morgan fingerprint density at radius 1 is 1.40 bits per heavy atom. The van der Waals surface area contributed by atoms with Crippen molar-refractivity contribution in [2.75, 3.05) is 32.8 Å². The molecule has 2 amide bonds. The Bertz CT molecular complexity index is 670. The molecular weight excluding hydrogens is 338 g/mol. The number of hydrogen-bond donors (Lipinski definition) is 0. The van der Waals surface area contributed by atoms with Crippen molar-refractivity contribution in [3.05, 3.63) is 16.1 Å². The van der Waals surface area contributed by atoms with Crippen LogP contribution in [0.4, 0.5) is 0 Å². The second-order valence-electron chi connectivity index (χ2n) is 7.68. The van der Waals surface area contributed by atoms with Crippen molar-refractivity contribution in [2.45, 2.75) is 39.2 Å². The Morgan fingerprint density at radius 2 is 2.20 bits per heavy atom. The van der Waals surface area contributed by atoms with E-state index in [1.54, 1.807) is 11.3 Å². The van der Waals surface area contributed by atoms with Crippen LogP contribution < -0.4 is 0 Å². The molecule has 1 atom stereocenters. The molecule has 1 aromatic heterocycles. The first-order valence-electron chi connectivity index (χ1n) is 9.10. The molecule has 0 unspecified atom stereocenters. The summed E-state index contributed by atoms with van der Waals surface area (Å²) >= 11 is 1.62. The molecule has 3 fully saturated rings. The van der Waals surface area contributed by atoms with Crippen LogP contribution in [0.2, 0.25) is 0 Å². The van der Waals surface area contributed by atoms with E-state index in [9.17, 15) is 9.59 Å². The van der Waals surface area contributed by atoms with Crippen molar-refractivity contribution in [3.63, 3.8) is 0 Å². The Hall–Kier alpha value is -1.47. The summed E-state index contributed by atoms with van der Waals surface area (Å²) in [6.07, 6.45) is 3.15. The van der Waals surface area contributed by atoms with Crippen molar-refractivity contribution in [1.29, 1.82) is 0 Å². The van der Waals surface area contributed by atoms with Crippen molar-refractivity contribution >= 4 is 23.2 Å². The Kier molecular flexibility index (Phi) is 4.54. The van der Waals surface area contributed by atoms with Crippen LogP contribution >= 0.6 is 11.3 Å². The van der Waals surface area contributed by atoms with E-state index in [1.807, 2.05) is 22.1 Å². The highest BCUT2D eigenvalue weighted by molar-refractivity contribution is 7.09. The Morgan fingerprint density at radius 3 is 2.92 bits per heavy atom. The van der Waals surface area contributed by atoms with Crippen LogP contribution in [0.25, 0.3) is 0 Å². The normalized spacial score (nSPS) is 27.6. The van der Waals surface area contributed by atoms with Gasteiger partial charge in [-0.2, -0.15) is 0 Å². The standard InChI is InChI=1S/C18H25N3O3S/c1-13-19-15(10-25-13)9-21-12-18(8-16(21)22)4-5-20(11-18)17(23)14-2-6-24-7-3-14/h10,14H,2-9,11-12H2,1H3/t18-/m1/s1. The third kappa shape index (κ3) is 3.44. The number of thiazole rings is 1. The molecule has 136 valence electrons. The Labute approximate surface area is 152 Å². The average molecular weight is 363 g/mol. The third-order valence-electron chi connectivity index (χ3n) is 5.75. The molecule has 4 heterocycles. The van der Waals surface area contributed by atoms with Crippen LogP contribution in [0.1, 0.15) is 36.4 Å².